The van der Waals surface area contributed by atoms with E-state index < -0.39 is 0 Å². The minimum atomic E-state index is -0.0185. The number of aliphatic hydroxyl groups excluding tert-OH is 1. The largest absolute Gasteiger partial charge is 0.390 e. The standard InChI is InChI=1S/C7H9ClN2O/c8-7-6(3-11)10(4-9-7)5-1-2-5/h4-5,11H,1-3H2. The van der Waals surface area contributed by atoms with Crippen LogP contribution in [0.1, 0.15) is 24.6 Å². The summed E-state index contributed by atoms with van der Waals surface area (Å²) in [6, 6.07) is 0.539. The molecule has 60 valence electrons. The van der Waals surface area contributed by atoms with Crippen LogP contribution in [0.25, 0.3) is 0 Å². The molecule has 0 amide bonds. The van der Waals surface area contributed by atoms with Crippen LogP contribution in [-0.4, -0.2) is 14.7 Å². The highest BCUT2D eigenvalue weighted by molar-refractivity contribution is 6.30. The molecule has 1 heterocycles. The number of imidazole rings is 1. The molecule has 1 aromatic rings. The van der Waals surface area contributed by atoms with Crippen LogP contribution in [0.5, 0.6) is 0 Å². The molecule has 1 aliphatic carbocycles. The Hall–Kier alpha value is -0.540. The van der Waals surface area contributed by atoms with Gasteiger partial charge in [-0.3, -0.25) is 0 Å². The van der Waals surface area contributed by atoms with Gasteiger partial charge >= 0.3 is 0 Å². The van der Waals surface area contributed by atoms with Crippen molar-refractivity contribution >= 4 is 11.6 Å². The van der Waals surface area contributed by atoms with Crippen molar-refractivity contribution in [3.8, 4) is 0 Å². The van der Waals surface area contributed by atoms with Crippen molar-refractivity contribution < 1.29 is 5.11 Å². The Kier molecular flexibility index (Phi) is 1.62. The third-order valence-corrected chi connectivity index (χ3v) is 2.25. The fourth-order valence-corrected chi connectivity index (χ4v) is 1.38. The summed E-state index contributed by atoms with van der Waals surface area (Å²) in [5, 5.41) is 9.35. The van der Waals surface area contributed by atoms with E-state index in [0.717, 1.165) is 5.69 Å². The van der Waals surface area contributed by atoms with Gasteiger partial charge in [0.1, 0.15) is 0 Å². The van der Waals surface area contributed by atoms with Crippen LogP contribution in [0.4, 0.5) is 0 Å². The van der Waals surface area contributed by atoms with Gasteiger partial charge in [-0.1, -0.05) is 11.6 Å². The zero-order valence-corrected chi connectivity index (χ0v) is 6.75. The molecule has 0 aliphatic heterocycles. The summed E-state index contributed by atoms with van der Waals surface area (Å²) in [5.41, 5.74) is 0.745. The lowest BCUT2D eigenvalue weighted by Crippen LogP contribution is -1.98. The van der Waals surface area contributed by atoms with Crippen LogP contribution in [-0.2, 0) is 6.61 Å². The summed E-state index contributed by atoms with van der Waals surface area (Å²) in [4.78, 5) is 3.92. The van der Waals surface area contributed by atoms with Crippen molar-refractivity contribution in [1.82, 2.24) is 9.55 Å². The van der Waals surface area contributed by atoms with Crippen molar-refractivity contribution in [2.24, 2.45) is 0 Å². The number of halogens is 1. The molecule has 3 nitrogen and oxygen atoms in total. The van der Waals surface area contributed by atoms with Gasteiger partial charge in [0.2, 0.25) is 0 Å². The second kappa shape index (κ2) is 2.50. The lowest BCUT2D eigenvalue weighted by molar-refractivity contribution is 0.270. The van der Waals surface area contributed by atoms with Crippen molar-refractivity contribution in [3.05, 3.63) is 17.2 Å². The molecule has 11 heavy (non-hydrogen) atoms. The van der Waals surface area contributed by atoms with Gasteiger partial charge in [0.15, 0.2) is 5.15 Å². The normalized spacial score (nSPS) is 17.3. The number of aliphatic hydroxyl groups is 1. The molecule has 0 aromatic carbocycles. The topological polar surface area (TPSA) is 38.1 Å². The first-order valence-electron chi connectivity index (χ1n) is 3.65. The van der Waals surface area contributed by atoms with E-state index >= 15 is 0 Å². The van der Waals surface area contributed by atoms with E-state index in [2.05, 4.69) is 4.98 Å². The second-order valence-corrected chi connectivity index (χ2v) is 3.14. The predicted molar refractivity (Wildman–Crippen MR) is 41.4 cm³/mol. The minimum Gasteiger partial charge on any atom is -0.390 e. The number of aromatic nitrogens is 2. The molecule has 2 rings (SSSR count). The SMILES string of the molecule is OCc1c(Cl)ncn1C1CC1. The summed E-state index contributed by atoms with van der Waals surface area (Å²) in [6.45, 7) is -0.0185. The van der Waals surface area contributed by atoms with E-state index in [1.54, 1.807) is 6.33 Å². The fraction of sp³-hybridized carbons (Fsp3) is 0.571. The maximum absolute atomic E-state index is 8.92. The molecule has 0 radical (unpaired) electrons. The molecule has 1 saturated carbocycles. The fourth-order valence-electron chi connectivity index (χ4n) is 1.18. The third kappa shape index (κ3) is 1.14. The lowest BCUT2D eigenvalue weighted by Gasteiger charge is -2.02. The van der Waals surface area contributed by atoms with Gasteiger partial charge < -0.3 is 9.67 Å². The summed E-state index contributed by atoms with van der Waals surface area (Å²) in [6.07, 6.45) is 4.06. The van der Waals surface area contributed by atoms with Gasteiger partial charge in [-0.25, -0.2) is 4.98 Å². The van der Waals surface area contributed by atoms with E-state index in [1.165, 1.54) is 12.8 Å². The van der Waals surface area contributed by atoms with Gasteiger partial charge in [0.05, 0.1) is 18.6 Å². The Morgan fingerprint density at radius 2 is 2.45 bits per heavy atom. The molecule has 4 heteroatoms. The third-order valence-electron chi connectivity index (χ3n) is 1.94. The average Bonchev–Trinajstić information content (AvgIpc) is 2.76. The Labute approximate surface area is 69.6 Å². The van der Waals surface area contributed by atoms with Crippen LogP contribution < -0.4 is 0 Å². The van der Waals surface area contributed by atoms with Crippen LogP contribution >= 0.6 is 11.6 Å². The van der Waals surface area contributed by atoms with Crippen molar-refractivity contribution in [1.29, 1.82) is 0 Å². The highest BCUT2D eigenvalue weighted by atomic mass is 35.5. The Morgan fingerprint density at radius 1 is 1.73 bits per heavy atom. The number of hydrogen-bond acceptors (Lipinski definition) is 2. The van der Waals surface area contributed by atoms with Gasteiger partial charge in [-0.2, -0.15) is 0 Å². The molecule has 0 atom stereocenters. The molecule has 0 bridgehead atoms. The van der Waals surface area contributed by atoms with E-state index in [-0.39, 0.29) is 6.61 Å². The lowest BCUT2D eigenvalue weighted by atomic mass is 10.5. The zero-order chi connectivity index (χ0) is 7.84. The van der Waals surface area contributed by atoms with Crippen LogP contribution in [0.3, 0.4) is 0 Å². The summed E-state index contributed by atoms with van der Waals surface area (Å²) >= 11 is 5.72. The van der Waals surface area contributed by atoms with Crippen molar-refractivity contribution in [2.75, 3.05) is 0 Å². The number of rotatable bonds is 2. The smallest absolute Gasteiger partial charge is 0.152 e. The molecule has 1 fully saturated rings. The molecule has 0 unspecified atom stereocenters. The van der Waals surface area contributed by atoms with E-state index in [4.69, 9.17) is 16.7 Å². The minimum absolute atomic E-state index is 0.0185. The van der Waals surface area contributed by atoms with Gasteiger partial charge in [-0.15, -0.1) is 0 Å². The maximum Gasteiger partial charge on any atom is 0.152 e. The Balaban J connectivity index is 2.36. The Morgan fingerprint density at radius 3 is 3.00 bits per heavy atom. The summed E-state index contributed by atoms with van der Waals surface area (Å²) < 4.78 is 1.96. The monoisotopic (exact) mass is 172 g/mol. The second-order valence-electron chi connectivity index (χ2n) is 2.78. The summed E-state index contributed by atoms with van der Waals surface area (Å²) in [5.74, 6) is 0. The van der Waals surface area contributed by atoms with Gasteiger partial charge in [0, 0.05) is 6.04 Å². The first-order valence-corrected chi connectivity index (χ1v) is 4.03. The first-order chi connectivity index (χ1) is 5.33. The molecule has 0 saturated heterocycles. The molecule has 0 spiro atoms. The number of nitrogens with zero attached hydrogens (tertiary/aromatic N) is 2. The molecule has 1 N–H and O–H groups in total. The highest BCUT2D eigenvalue weighted by Gasteiger charge is 2.26. The first kappa shape index (κ1) is 7.13. The Bertz CT molecular complexity index is 267. The van der Waals surface area contributed by atoms with Crippen molar-refractivity contribution in [3.63, 3.8) is 0 Å². The van der Waals surface area contributed by atoms with Gasteiger partial charge in [0.25, 0.3) is 0 Å². The van der Waals surface area contributed by atoms with Crippen LogP contribution in [0, 0.1) is 0 Å². The van der Waals surface area contributed by atoms with Gasteiger partial charge in [-0.05, 0) is 12.8 Å². The average molecular weight is 173 g/mol. The highest BCUT2D eigenvalue weighted by Crippen LogP contribution is 2.36. The zero-order valence-electron chi connectivity index (χ0n) is 6.00. The number of hydrogen-bond donors (Lipinski definition) is 1. The predicted octanol–water partition coefficient (Wildman–Crippen LogP) is 1.36. The molecule has 1 aliphatic rings. The summed E-state index contributed by atoms with van der Waals surface area (Å²) in [7, 11) is 0. The quantitative estimate of drug-likeness (QED) is 0.732. The van der Waals surface area contributed by atoms with Crippen molar-refractivity contribution in [2.45, 2.75) is 25.5 Å². The van der Waals surface area contributed by atoms with E-state index in [1.807, 2.05) is 4.57 Å². The van der Waals surface area contributed by atoms with E-state index in [0.29, 0.717) is 11.2 Å². The van der Waals surface area contributed by atoms with E-state index in [9.17, 15) is 0 Å². The molecular formula is C7H9ClN2O. The molecular weight excluding hydrogens is 164 g/mol. The maximum atomic E-state index is 8.92. The van der Waals surface area contributed by atoms with Crippen LogP contribution in [0.2, 0.25) is 5.15 Å². The molecule has 1 aromatic heterocycles. The van der Waals surface area contributed by atoms with Crippen LogP contribution in [0.15, 0.2) is 6.33 Å².